The summed E-state index contributed by atoms with van der Waals surface area (Å²) in [5, 5.41) is 8.91. The zero-order valence-electron chi connectivity index (χ0n) is 15.6. The molecule has 0 N–H and O–H groups in total. The summed E-state index contributed by atoms with van der Waals surface area (Å²) in [6.45, 7) is 2.33. The quantitative estimate of drug-likeness (QED) is 0.414. The van der Waals surface area contributed by atoms with E-state index in [1.165, 1.54) is 5.56 Å². The van der Waals surface area contributed by atoms with Crippen molar-refractivity contribution >= 4 is 34.6 Å². The summed E-state index contributed by atoms with van der Waals surface area (Å²) in [7, 11) is 0. The molecule has 0 bridgehead atoms. The van der Waals surface area contributed by atoms with Gasteiger partial charge in [-0.15, -0.1) is 22.7 Å². The predicted octanol–water partition coefficient (Wildman–Crippen LogP) is 5.43. The van der Waals surface area contributed by atoms with Crippen LogP contribution in [0.1, 0.15) is 11.1 Å². The lowest BCUT2D eigenvalue weighted by Gasteiger charge is -2.02. The molecule has 4 aromatic rings. The zero-order valence-corrected chi connectivity index (χ0v) is 17.2. The van der Waals surface area contributed by atoms with Gasteiger partial charge in [-0.2, -0.15) is 5.10 Å². The Kier molecular flexibility index (Phi) is 4.75. The van der Waals surface area contributed by atoms with Crippen LogP contribution >= 0.6 is 22.7 Å². The van der Waals surface area contributed by atoms with E-state index >= 15 is 0 Å². The summed E-state index contributed by atoms with van der Waals surface area (Å²) in [6, 6.07) is 18.1. The average molecular weight is 420 g/mol. The molecule has 0 amide bonds. The van der Waals surface area contributed by atoms with Crippen LogP contribution in [0.3, 0.4) is 0 Å². The van der Waals surface area contributed by atoms with Gasteiger partial charge < -0.3 is 9.47 Å². The average Bonchev–Trinajstić information content (AvgIpc) is 3.48. The van der Waals surface area contributed by atoms with Crippen molar-refractivity contribution in [2.75, 3.05) is 6.79 Å². The van der Waals surface area contributed by atoms with Crippen molar-refractivity contribution in [2.45, 2.75) is 6.92 Å². The molecule has 7 heteroatoms. The maximum Gasteiger partial charge on any atom is 0.231 e. The minimum atomic E-state index is 0.261. The molecule has 0 aliphatic carbocycles. The van der Waals surface area contributed by atoms with E-state index in [2.05, 4.69) is 35.9 Å². The highest BCUT2D eigenvalue weighted by Gasteiger charge is 2.13. The molecular weight excluding hydrogens is 402 g/mol. The first-order valence-electron chi connectivity index (χ1n) is 9.06. The second-order valence-electron chi connectivity index (χ2n) is 6.50. The molecule has 0 fully saturated rings. The lowest BCUT2D eigenvalue weighted by Crippen LogP contribution is -2.11. The molecule has 3 heterocycles. The highest BCUT2D eigenvalue weighted by molar-refractivity contribution is 7.14. The number of aromatic nitrogens is 1. The third kappa shape index (κ3) is 3.74. The number of benzene rings is 2. The van der Waals surface area contributed by atoms with Crippen LogP contribution in [0.4, 0.5) is 5.69 Å². The number of rotatable bonds is 4. The molecular formula is C22H17N3O2S2. The van der Waals surface area contributed by atoms with E-state index in [9.17, 15) is 0 Å². The minimum Gasteiger partial charge on any atom is -0.454 e. The van der Waals surface area contributed by atoms with Gasteiger partial charge in [0.2, 0.25) is 11.6 Å². The van der Waals surface area contributed by atoms with Crippen LogP contribution in [-0.4, -0.2) is 17.7 Å². The molecule has 1 aliphatic rings. The second kappa shape index (κ2) is 7.69. The Morgan fingerprint density at radius 3 is 2.69 bits per heavy atom. The standard InChI is InChI=1S/C22H17N3O2S2/c1-15-4-7-17(8-5-15)24-22-25(18(13-29-22)21-3-2-10-28-21)23-12-16-6-9-19-20(11-16)27-14-26-19/h2-13H,14H2,1H3. The number of aryl methyl sites for hydroxylation is 1. The van der Waals surface area contributed by atoms with E-state index < -0.39 is 0 Å². The van der Waals surface area contributed by atoms with Crippen molar-refractivity contribution in [3.8, 4) is 22.1 Å². The Morgan fingerprint density at radius 1 is 1.00 bits per heavy atom. The minimum absolute atomic E-state index is 0.261. The third-order valence-corrected chi connectivity index (χ3v) is 6.15. The van der Waals surface area contributed by atoms with Gasteiger partial charge in [0, 0.05) is 5.38 Å². The molecule has 1 aliphatic heterocycles. The molecule has 0 radical (unpaired) electrons. The molecule has 29 heavy (non-hydrogen) atoms. The maximum absolute atomic E-state index is 5.47. The molecule has 0 atom stereocenters. The van der Waals surface area contributed by atoms with Gasteiger partial charge in [0.1, 0.15) is 0 Å². The Morgan fingerprint density at radius 2 is 1.86 bits per heavy atom. The SMILES string of the molecule is Cc1ccc(N=c2scc(-c3cccs3)n2N=Cc2ccc3c(c2)OCO3)cc1. The first kappa shape index (κ1) is 17.9. The van der Waals surface area contributed by atoms with Gasteiger partial charge in [-0.3, -0.25) is 0 Å². The third-order valence-electron chi connectivity index (χ3n) is 4.44. The largest absolute Gasteiger partial charge is 0.454 e. The number of thiophene rings is 1. The summed E-state index contributed by atoms with van der Waals surface area (Å²) in [6.07, 6.45) is 1.82. The molecule has 0 saturated carbocycles. The van der Waals surface area contributed by atoms with E-state index in [1.54, 1.807) is 22.7 Å². The van der Waals surface area contributed by atoms with Gasteiger partial charge in [0.05, 0.1) is 22.5 Å². The zero-order chi connectivity index (χ0) is 19.6. The highest BCUT2D eigenvalue weighted by Crippen LogP contribution is 2.32. The van der Waals surface area contributed by atoms with Crippen molar-refractivity contribution in [1.29, 1.82) is 0 Å². The molecule has 0 spiro atoms. The number of hydrogen-bond donors (Lipinski definition) is 0. The first-order chi connectivity index (χ1) is 14.3. The topological polar surface area (TPSA) is 48.1 Å². The Bertz CT molecular complexity index is 1240. The lowest BCUT2D eigenvalue weighted by atomic mass is 10.2. The van der Waals surface area contributed by atoms with Gasteiger partial charge in [-0.05, 0) is 54.3 Å². The van der Waals surface area contributed by atoms with E-state index in [1.807, 2.05) is 47.3 Å². The predicted molar refractivity (Wildman–Crippen MR) is 118 cm³/mol. The van der Waals surface area contributed by atoms with Crippen LogP contribution in [0, 0.1) is 6.92 Å². The van der Waals surface area contributed by atoms with Crippen molar-refractivity contribution < 1.29 is 9.47 Å². The van der Waals surface area contributed by atoms with Crippen LogP contribution in [0.25, 0.3) is 10.6 Å². The monoisotopic (exact) mass is 419 g/mol. The van der Waals surface area contributed by atoms with Crippen LogP contribution in [0.2, 0.25) is 0 Å². The van der Waals surface area contributed by atoms with Gasteiger partial charge in [-0.1, -0.05) is 23.8 Å². The number of hydrogen-bond acceptors (Lipinski definition) is 6. The van der Waals surface area contributed by atoms with Crippen molar-refractivity contribution in [1.82, 2.24) is 4.68 Å². The number of fused-ring (bicyclic) bond motifs is 1. The Hall–Kier alpha value is -3.16. The Balaban J connectivity index is 1.58. The summed E-state index contributed by atoms with van der Waals surface area (Å²) in [5.41, 5.74) is 4.07. The summed E-state index contributed by atoms with van der Waals surface area (Å²) >= 11 is 3.26. The second-order valence-corrected chi connectivity index (χ2v) is 8.28. The highest BCUT2D eigenvalue weighted by atomic mass is 32.1. The molecule has 5 rings (SSSR count). The van der Waals surface area contributed by atoms with Crippen molar-refractivity contribution in [2.24, 2.45) is 10.1 Å². The van der Waals surface area contributed by atoms with E-state index in [0.717, 1.165) is 38.1 Å². The van der Waals surface area contributed by atoms with Crippen LogP contribution in [0.5, 0.6) is 11.5 Å². The molecule has 0 saturated heterocycles. The summed E-state index contributed by atoms with van der Waals surface area (Å²) < 4.78 is 12.7. The summed E-state index contributed by atoms with van der Waals surface area (Å²) in [4.78, 5) is 6.77. The van der Waals surface area contributed by atoms with Crippen molar-refractivity contribution in [3.63, 3.8) is 0 Å². The van der Waals surface area contributed by atoms with Crippen LogP contribution in [-0.2, 0) is 0 Å². The molecule has 144 valence electrons. The fraction of sp³-hybridized carbons (Fsp3) is 0.0909. The maximum atomic E-state index is 5.47. The number of nitrogens with zero attached hydrogens (tertiary/aromatic N) is 3. The Labute approximate surface area is 175 Å². The van der Waals surface area contributed by atoms with Crippen LogP contribution < -0.4 is 14.3 Å². The van der Waals surface area contributed by atoms with Gasteiger partial charge in [-0.25, -0.2) is 9.67 Å². The van der Waals surface area contributed by atoms with Gasteiger partial charge >= 0.3 is 0 Å². The first-order valence-corrected chi connectivity index (χ1v) is 10.8. The summed E-state index contributed by atoms with van der Waals surface area (Å²) in [5.74, 6) is 1.51. The van der Waals surface area contributed by atoms with Crippen LogP contribution in [0.15, 0.2) is 75.5 Å². The lowest BCUT2D eigenvalue weighted by molar-refractivity contribution is 0.174. The van der Waals surface area contributed by atoms with E-state index in [0.29, 0.717) is 0 Å². The normalized spacial score (nSPS) is 13.5. The molecule has 5 nitrogen and oxygen atoms in total. The van der Waals surface area contributed by atoms with E-state index in [4.69, 9.17) is 19.6 Å². The van der Waals surface area contributed by atoms with Crippen molar-refractivity contribution in [3.05, 3.63) is 81.3 Å². The number of ether oxygens (including phenoxy) is 2. The van der Waals surface area contributed by atoms with E-state index in [-0.39, 0.29) is 6.79 Å². The number of thiazole rings is 1. The smallest absolute Gasteiger partial charge is 0.231 e. The molecule has 0 unspecified atom stereocenters. The van der Waals surface area contributed by atoms with Gasteiger partial charge in [0.15, 0.2) is 11.5 Å². The fourth-order valence-electron chi connectivity index (χ4n) is 2.93. The van der Waals surface area contributed by atoms with Gasteiger partial charge in [0.25, 0.3) is 0 Å². The fourth-order valence-corrected chi connectivity index (χ4v) is 4.58. The molecule has 2 aromatic carbocycles. The molecule has 2 aromatic heterocycles.